The third-order valence-corrected chi connectivity index (χ3v) is 4.04. The quantitative estimate of drug-likeness (QED) is 0.720. The van der Waals surface area contributed by atoms with Crippen LogP contribution in [-0.4, -0.2) is 37.9 Å². The fourth-order valence-corrected chi connectivity index (χ4v) is 2.78. The Balaban J connectivity index is 2.50. The van der Waals surface area contributed by atoms with Gasteiger partial charge < -0.3 is 9.84 Å². The summed E-state index contributed by atoms with van der Waals surface area (Å²) >= 11 is 0. The molecule has 1 unspecified atom stereocenters. The van der Waals surface area contributed by atoms with E-state index < -0.39 is 22.0 Å². The van der Waals surface area contributed by atoms with Gasteiger partial charge in [0.05, 0.1) is 5.75 Å². The lowest BCUT2D eigenvalue weighted by Crippen LogP contribution is -2.43. The summed E-state index contributed by atoms with van der Waals surface area (Å²) < 4.78 is 31.2. The average molecular weight is 315 g/mol. The summed E-state index contributed by atoms with van der Waals surface area (Å²) in [6, 6.07) is 7.73. The van der Waals surface area contributed by atoms with Crippen LogP contribution in [-0.2, 0) is 14.8 Å². The van der Waals surface area contributed by atoms with Gasteiger partial charge in [0, 0.05) is 0 Å². The van der Waals surface area contributed by atoms with Crippen LogP contribution >= 0.6 is 0 Å². The van der Waals surface area contributed by atoms with Crippen molar-refractivity contribution < 1.29 is 23.1 Å². The summed E-state index contributed by atoms with van der Waals surface area (Å²) in [5.74, 6) is -0.806. The Morgan fingerprint density at radius 3 is 2.43 bits per heavy atom. The summed E-state index contributed by atoms with van der Waals surface area (Å²) in [7, 11) is -3.70. The van der Waals surface area contributed by atoms with E-state index in [0.29, 0.717) is 5.75 Å². The molecule has 0 aliphatic rings. The van der Waals surface area contributed by atoms with Gasteiger partial charge in [0.2, 0.25) is 10.0 Å². The van der Waals surface area contributed by atoms with Crippen molar-refractivity contribution in [3.8, 4) is 5.75 Å². The molecule has 0 saturated heterocycles. The van der Waals surface area contributed by atoms with Gasteiger partial charge in [0.25, 0.3) is 0 Å². The van der Waals surface area contributed by atoms with E-state index in [-0.39, 0.29) is 24.7 Å². The molecule has 6 nitrogen and oxygen atoms in total. The summed E-state index contributed by atoms with van der Waals surface area (Å²) in [6.45, 7) is 3.64. The second-order valence-electron chi connectivity index (χ2n) is 5.12. The summed E-state index contributed by atoms with van der Waals surface area (Å²) in [5, 5.41) is 9.03. The third kappa shape index (κ3) is 7.10. The van der Waals surface area contributed by atoms with Crippen molar-refractivity contribution in [3.63, 3.8) is 0 Å². The highest BCUT2D eigenvalue weighted by Gasteiger charge is 2.24. The number of benzene rings is 1. The first-order chi connectivity index (χ1) is 9.80. The number of aliphatic carboxylic acids is 1. The number of ether oxygens (including phenoxy) is 1. The van der Waals surface area contributed by atoms with Gasteiger partial charge in [-0.3, -0.25) is 4.79 Å². The highest BCUT2D eigenvalue weighted by Crippen LogP contribution is 2.09. The van der Waals surface area contributed by atoms with Crippen molar-refractivity contribution in [3.05, 3.63) is 30.3 Å². The number of hydrogen-bond donors (Lipinski definition) is 2. The zero-order chi connectivity index (χ0) is 15.9. The summed E-state index contributed by atoms with van der Waals surface area (Å²) in [6.07, 6.45) is 0.244. The fraction of sp³-hybridized carbons (Fsp3) is 0.500. The molecule has 0 spiro atoms. The van der Waals surface area contributed by atoms with Crippen LogP contribution in [0.15, 0.2) is 30.3 Å². The summed E-state index contributed by atoms with van der Waals surface area (Å²) in [4.78, 5) is 11.0. The topological polar surface area (TPSA) is 92.7 Å². The molecule has 0 aliphatic heterocycles. The largest absolute Gasteiger partial charge is 0.492 e. The van der Waals surface area contributed by atoms with Gasteiger partial charge in [-0.05, 0) is 24.5 Å². The molecule has 0 saturated carbocycles. The minimum absolute atomic E-state index is 0.0344. The van der Waals surface area contributed by atoms with Crippen molar-refractivity contribution in [2.24, 2.45) is 5.92 Å². The molecular weight excluding hydrogens is 294 g/mol. The van der Waals surface area contributed by atoms with Crippen molar-refractivity contribution in [2.75, 3.05) is 12.4 Å². The average Bonchev–Trinajstić information content (AvgIpc) is 2.38. The smallest absolute Gasteiger partial charge is 0.321 e. The van der Waals surface area contributed by atoms with E-state index in [1.165, 1.54) is 0 Å². The Kier molecular flexibility index (Phi) is 6.64. The molecule has 118 valence electrons. The highest BCUT2D eigenvalue weighted by molar-refractivity contribution is 7.89. The Bertz CT molecular complexity index is 542. The Morgan fingerprint density at radius 2 is 1.90 bits per heavy atom. The molecule has 1 atom stereocenters. The minimum atomic E-state index is -3.70. The third-order valence-electron chi connectivity index (χ3n) is 2.69. The SMILES string of the molecule is CC(C)CC(NS(=O)(=O)CCOc1ccccc1)C(=O)O. The molecule has 0 radical (unpaired) electrons. The van der Waals surface area contributed by atoms with Crippen LogP contribution < -0.4 is 9.46 Å². The molecule has 1 aromatic carbocycles. The van der Waals surface area contributed by atoms with Crippen molar-refractivity contribution >= 4 is 16.0 Å². The lowest BCUT2D eigenvalue weighted by atomic mass is 10.1. The van der Waals surface area contributed by atoms with E-state index in [4.69, 9.17) is 9.84 Å². The van der Waals surface area contributed by atoms with E-state index in [1.807, 2.05) is 19.9 Å². The number of rotatable bonds is 9. The van der Waals surface area contributed by atoms with Crippen molar-refractivity contribution in [1.29, 1.82) is 0 Å². The molecule has 0 heterocycles. The van der Waals surface area contributed by atoms with Gasteiger partial charge >= 0.3 is 5.97 Å². The first-order valence-electron chi connectivity index (χ1n) is 6.71. The highest BCUT2D eigenvalue weighted by atomic mass is 32.2. The molecule has 1 rings (SSSR count). The van der Waals surface area contributed by atoms with E-state index >= 15 is 0 Å². The molecule has 2 N–H and O–H groups in total. The number of carbonyl (C=O) groups is 1. The van der Waals surface area contributed by atoms with E-state index in [1.54, 1.807) is 24.3 Å². The number of carboxylic acid groups (broad SMARTS) is 1. The van der Waals surface area contributed by atoms with Crippen molar-refractivity contribution in [1.82, 2.24) is 4.72 Å². The summed E-state index contributed by atoms with van der Waals surface area (Å²) in [5.41, 5.74) is 0. The minimum Gasteiger partial charge on any atom is -0.492 e. The van der Waals surface area contributed by atoms with Gasteiger partial charge in [-0.1, -0.05) is 32.0 Å². The molecule has 1 aromatic rings. The fourth-order valence-electron chi connectivity index (χ4n) is 1.73. The first kappa shape index (κ1) is 17.5. The van der Waals surface area contributed by atoms with Gasteiger partial charge in [0.1, 0.15) is 18.4 Å². The van der Waals surface area contributed by atoms with E-state index in [9.17, 15) is 13.2 Å². The van der Waals surface area contributed by atoms with Crippen LogP contribution in [0.1, 0.15) is 20.3 Å². The van der Waals surface area contributed by atoms with Crippen LogP contribution in [0.3, 0.4) is 0 Å². The lowest BCUT2D eigenvalue weighted by molar-refractivity contribution is -0.139. The predicted octanol–water partition coefficient (Wildman–Crippen LogP) is 1.48. The number of para-hydroxylation sites is 1. The maximum atomic E-state index is 11.9. The van der Waals surface area contributed by atoms with Crippen LogP contribution in [0.5, 0.6) is 5.75 Å². The maximum absolute atomic E-state index is 11.9. The van der Waals surface area contributed by atoms with Gasteiger partial charge in [-0.15, -0.1) is 0 Å². The number of sulfonamides is 1. The standard InChI is InChI=1S/C14H21NO5S/c1-11(2)10-13(14(16)17)15-21(18,19)9-8-20-12-6-4-3-5-7-12/h3-7,11,13,15H,8-10H2,1-2H3,(H,16,17). The van der Waals surface area contributed by atoms with Crippen LogP contribution in [0, 0.1) is 5.92 Å². The van der Waals surface area contributed by atoms with Crippen LogP contribution in [0.25, 0.3) is 0 Å². The molecule has 7 heteroatoms. The second kappa shape index (κ2) is 7.99. The van der Waals surface area contributed by atoms with E-state index in [2.05, 4.69) is 4.72 Å². The number of carboxylic acids is 1. The lowest BCUT2D eigenvalue weighted by Gasteiger charge is -2.16. The molecule has 0 aromatic heterocycles. The molecule has 0 fully saturated rings. The van der Waals surface area contributed by atoms with Gasteiger partial charge in [0.15, 0.2) is 0 Å². The Morgan fingerprint density at radius 1 is 1.29 bits per heavy atom. The first-order valence-corrected chi connectivity index (χ1v) is 8.36. The molecule has 0 amide bonds. The Hall–Kier alpha value is -1.60. The second-order valence-corrected chi connectivity index (χ2v) is 6.99. The number of hydrogen-bond acceptors (Lipinski definition) is 4. The van der Waals surface area contributed by atoms with E-state index in [0.717, 1.165) is 0 Å². The zero-order valence-electron chi connectivity index (χ0n) is 12.2. The maximum Gasteiger partial charge on any atom is 0.321 e. The molecule has 0 bridgehead atoms. The van der Waals surface area contributed by atoms with Gasteiger partial charge in [-0.2, -0.15) is 0 Å². The Labute approximate surface area is 125 Å². The van der Waals surface area contributed by atoms with Crippen LogP contribution in [0.2, 0.25) is 0 Å². The van der Waals surface area contributed by atoms with Crippen LogP contribution in [0.4, 0.5) is 0 Å². The molecule has 21 heavy (non-hydrogen) atoms. The normalized spacial score (nSPS) is 13.1. The monoisotopic (exact) mass is 315 g/mol. The molecular formula is C14H21NO5S. The van der Waals surface area contributed by atoms with Crippen molar-refractivity contribution in [2.45, 2.75) is 26.3 Å². The van der Waals surface area contributed by atoms with Gasteiger partial charge in [-0.25, -0.2) is 13.1 Å². The number of nitrogens with one attached hydrogen (secondary N) is 1. The predicted molar refractivity (Wildman–Crippen MR) is 79.7 cm³/mol. The molecule has 0 aliphatic carbocycles. The zero-order valence-corrected chi connectivity index (χ0v) is 13.0.